The minimum atomic E-state index is -0.0847. The van der Waals surface area contributed by atoms with Gasteiger partial charge in [0.25, 0.3) is 5.56 Å². The molecule has 4 aromatic rings. The third-order valence-electron chi connectivity index (χ3n) is 4.84. The van der Waals surface area contributed by atoms with Gasteiger partial charge in [-0.05, 0) is 62.2 Å². The van der Waals surface area contributed by atoms with Crippen LogP contribution in [0, 0.1) is 31.6 Å². The van der Waals surface area contributed by atoms with E-state index in [0.29, 0.717) is 14.3 Å². The maximum atomic E-state index is 13.3. The largest absolute Gasteiger partial charge is 0.277 e. The molecule has 4 rings (SSSR count). The Balaban J connectivity index is 2.06. The summed E-state index contributed by atoms with van der Waals surface area (Å²) in [6.07, 6.45) is 1.62. The van der Waals surface area contributed by atoms with Crippen molar-refractivity contribution in [2.45, 2.75) is 27.7 Å². The Morgan fingerprint density at radius 1 is 0.889 bits per heavy atom. The van der Waals surface area contributed by atoms with E-state index in [4.69, 9.17) is 12.2 Å². The van der Waals surface area contributed by atoms with Crippen molar-refractivity contribution >= 4 is 33.9 Å². The first-order valence-electron chi connectivity index (χ1n) is 8.66. The van der Waals surface area contributed by atoms with Crippen LogP contribution in [0.3, 0.4) is 0 Å². The highest BCUT2D eigenvalue weighted by atomic mass is 32.1. The number of aromatic nitrogens is 3. The average molecular weight is 394 g/mol. The molecule has 0 spiro atoms. The Bertz CT molecular complexity index is 1270. The van der Waals surface area contributed by atoms with E-state index in [0.717, 1.165) is 33.6 Å². The van der Waals surface area contributed by atoms with Gasteiger partial charge in [0.1, 0.15) is 11.0 Å². The van der Waals surface area contributed by atoms with E-state index in [1.807, 2.05) is 68.7 Å². The summed E-state index contributed by atoms with van der Waals surface area (Å²) in [7, 11) is 0. The summed E-state index contributed by atoms with van der Waals surface area (Å²) >= 11 is 6.94. The molecular formula is C21H19N3OS2. The fourth-order valence-corrected chi connectivity index (χ4v) is 4.89. The number of hydrogen-bond acceptors (Lipinski definition) is 4. The third kappa shape index (κ3) is 2.76. The highest BCUT2D eigenvalue weighted by molar-refractivity contribution is 7.73. The smallest absolute Gasteiger partial charge is 0.275 e. The number of hydrogen-bond donors (Lipinski definition) is 0. The second kappa shape index (κ2) is 6.55. The van der Waals surface area contributed by atoms with Crippen molar-refractivity contribution in [1.29, 1.82) is 0 Å². The highest BCUT2D eigenvalue weighted by Gasteiger charge is 2.17. The summed E-state index contributed by atoms with van der Waals surface area (Å²) in [5, 5.41) is 0. The predicted molar refractivity (Wildman–Crippen MR) is 114 cm³/mol. The van der Waals surface area contributed by atoms with Crippen LogP contribution < -0.4 is 5.56 Å². The molecule has 4 nitrogen and oxygen atoms in total. The van der Waals surface area contributed by atoms with Gasteiger partial charge in [0, 0.05) is 0 Å². The Labute approximate surface area is 166 Å². The molecule has 0 bridgehead atoms. The molecule has 0 N–H and O–H groups in total. The minimum Gasteiger partial charge on any atom is -0.275 e. The fraction of sp³-hybridized carbons (Fsp3) is 0.190. The SMILES string of the molecule is Cc1cccc(C)c1-n1cnc2c(sc(=S)n2-c2c(C)cccc2C)c1=O. The Morgan fingerprint density at radius 3 is 1.96 bits per heavy atom. The molecule has 27 heavy (non-hydrogen) atoms. The molecule has 0 aliphatic carbocycles. The lowest BCUT2D eigenvalue weighted by Crippen LogP contribution is -2.20. The normalized spacial score (nSPS) is 11.3. The predicted octanol–water partition coefficient (Wildman–Crippen LogP) is 5.20. The summed E-state index contributed by atoms with van der Waals surface area (Å²) in [6, 6.07) is 12.1. The number of nitrogens with zero attached hydrogens (tertiary/aromatic N) is 3. The van der Waals surface area contributed by atoms with Gasteiger partial charge in [0.05, 0.1) is 11.4 Å². The summed E-state index contributed by atoms with van der Waals surface area (Å²) in [5.74, 6) is 0. The summed E-state index contributed by atoms with van der Waals surface area (Å²) in [4.78, 5) is 17.9. The quantitative estimate of drug-likeness (QED) is 0.439. The van der Waals surface area contributed by atoms with Crippen LogP contribution in [0.25, 0.3) is 21.7 Å². The number of benzene rings is 2. The zero-order valence-electron chi connectivity index (χ0n) is 15.6. The lowest BCUT2D eigenvalue weighted by atomic mass is 10.1. The van der Waals surface area contributed by atoms with E-state index in [1.165, 1.54) is 11.3 Å². The van der Waals surface area contributed by atoms with Crippen LogP contribution in [-0.2, 0) is 0 Å². The van der Waals surface area contributed by atoms with Crippen molar-refractivity contribution in [1.82, 2.24) is 14.1 Å². The Hall–Kier alpha value is -2.57. The van der Waals surface area contributed by atoms with Gasteiger partial charge in [0.2, 0.25) is 0 Å². The molecule has 136 valence electrons. The third-order valence-corrected chi connectivity index (χ3v) is 6.19. The molecule has 0 radical (unpaired) electrons. The number of aryl methyl sites for hydroxylation is 4. The maximum absolute atomic E-state index is 13.3. The second-order valence-electron chi connectivity index (χ2n) is 6.76. The monoisotopic (exact) mass is 393 g/mol. The van der Waals surface area contributed by atoms with Gasteiger partial charge in [-0.2, -0.15) is 0 Å². The van der Waals surface area contributed by atoms with Gasteiger partial charge in [0.15, 0.2) is 9.60 Å². The molecule has 0 unspecified atom stereocenters. The summed E-state index contributed by atoms with van der Waals surface area (Å²) in [5.41, 5.74) is 6.71. The molecule has 0 aliphatic heterocycles. The van der Waals surface area contributed by atoms with Crippen LogP contribution in [0.15, 0.2) is 47.5 Å². The number of para-hydroxylation sites is 2. The van der Waals surface area contributed by atoms with Crippen molar-refractivity contribution in [2.75, 3.05) is 0 Å². The molecule has 2 aromatic heterocycles. The average Bonchev–Trinajstić information content (AvgIpc) is 2.94. The van der Waals surface area contributed by atoms with Gasteiger partial charge in [-0.15, -0.1) is 0 Å². The molecular weight excluding hydrogens is 374 g/mol. The van der Waals surface area contributed by atoms with Crippen molar-refractivity contribution in [3.8, 4) is 11.4 Å². The van der Waals surface area contributed by atoms with Gasteiger partial charge in [-0.1, -0.05) is 47.7 Å². The number of rotatable bonds is 2. The van der Waals surface area contributed by atoms with Crippen LogP contribution in [0.2, 0.25) is 0 Å². The molecule has 0 amide bonds. The summed E-state index contributed by atoms with van der Waals surface area (Å²) in [6.45, 7) is 8.10. The van der Waals surface area contributed by atoms with Crippen LogP contribution in [0.5, 0.6) is 0 Å². The maximum Gasteiger partial charge on any atom is 0.277 e. The molecule has 2 aromatic carbocycles. The lowest BCUT2D eigenvalue weighted by Gasteiger charge is -2.13. The first-order valence-corrected chi connectivity index (χ1v) is 9.89. The standard InChI is InChI=1S/C21H19N3OS2/c1-12-7-5-8-13(2)16(12)23-11-22-19-18(20(23)25)27-21(26)24(19)17-14(3)9-6-10-15(17)4/h5-11H,1-4H3. The van der Waals surface area contributed by atoms with Gasteiger partial charge < -0.3 is 0 Å². The number of thiazole rings is 1. The van der Waals surface area contributed by atoms with E-state index in [2.05, 4.69) is 4.98 Å². The molecule has 0 atom stereocenters. The molecule has 0 saturated carbocycles. The van der Waals surface area contributed by atoms with Crippen molar-refractivity contribution in [3.63, 3.8) is 0 Å². The van der Waals surface area contributed by atoms with Gasteiger partial charge in [-0.25, -0.2) is 4.98 Å². The zero-order chi connectivity index (χ0) is 19.3. The van der Waals surface area contributed by atoms with Crippen LogP contribution in [-0.4, -0.2) is 14.1 Å². The van der Waals surface area contributed by atoms with E-state index >= 15 is 0 Å². The molecule has 6 heteroatoms. The van der Waals surface area contributed by atoms with Crippen LogP contribution in [0.1, 0.15) is 22.3 Å². The second-order valence-corrected chi connectivity index (χ2v) is 8.40. The summed E-state index contributed by atoms with van der Waals surface area (Å²) < 4.78 is 4.77. The fourth-order valence-electron chi connectivity index (χ4n) is 3.60. The van der Waals surface area contributed by atoms with Crippen LogP contribution >= 0.6 is 23.6 Å². The topological polar surface area (TPSA) is 39.8 Å². The Morgan fingerprint density at radius 2 is 1.41 bits per heavy atom. The zero-order valence-corrected chi connectivity index (χ0v) is 17.2. The van der Waals surface area contributed by atoms with E-state index in [-0.39, 0.29) is 5.56 Å². The van der Waals surface area contributed by atoms with E-state index < -0.39 is 0 Å². The van der Waals surface area contributed by atoms with Gasteiger partial charge >= 0.3 is 0 Å². The molecule has 0 saturated heterocycles. The lowest BCUT2D eigenvalue weighted by molar-refractivity contribution is 0.929. The van der Waals surface area contributed by atoms with Crippen molar-refractivity contribution in [3.05, 3.63) is 79.3 Å². The highest BCUT2D eigenvalue weighted by Crippen LogP contribution is 2.28. The minimum absolute atomic E-state index is 0.0847. The van der Waals surface area contributed by atoms with Crippen LogP contribution in [0.4, 0.5) is 0 Å². The first kappa shape index (κ1) is 17.8. The molecule has 0 aliphatic rings. The first-order chi connectivity index (χ1) is 12.9. The van der Waals surface area contributed by atoms with Crippen molar-refractivity contribution in [2.24, 2.45) is 0 Å². The molecule has 0 fully saturated rings. The van der Waals surface area contributed by atoms with E-state index in [1.54, 1.807) is 10.9 Å². The van der Waals surface area contributed by atoms with E-state index in [9.17, 15) is 4.79 Å². The molecule has 2 heterocycles. The Kier molecular flexibility index (Phi) is 4.32. The van der Waals surface area contributed by atoms with Crippen molar-refractivity contribution < 1.29 is 0 Å². The number of fused-ring (bicyclic) bond motifs is 1. The van der Waals surface area contributed by atoms with Gasteiger partial charge in [-0.3, -0.25) is 13.9 Å².